The Balaban J connectivity index is 1.44. The van der Waals surface area contributed by atoms with E-state index in [9.17, 15) is 14.9 Å². The zero-order valence-electron chi connectivity index (χ0n) is 16.8. The fourth-order valence-corrected chi connectivity index (χ4v) is 3.92. The van der Waals surface area contributed by atoms with Crippen LogP contribution in [0.5, 0.6) is 0 Å². The summed E-state index contributed by atoms with van der Waals surface area (Å²) in [4.78, 5) is 29.7. The molecule has 1 aliphatic heterocycles. The second kappa shape index (κ2) is 9.64. The summed E-state index contributed by atoms with van der Waals surface area (Å²) < 4.78 is 5.37. The van der Waals surface area contributed by atoms with Crippen molar-refractivity contribution in [3.8, 4) is 11.4 Å². The highest BCUT2D eigenvalue weighted by molar-refractivity contribution is 6.42. The molecule has 4 rings (SSSR count). The lowest BCUT2D eigenvalue weighted by Gasteiger charge is -2.33. The zero-order chi connectivity index (χ0) is 22.7. The molecule has 166 valence electrons. The van der Waals surface area contributed by atoms with Gasteiger partial charge < -0.3 is 9.84 Å². The number of non-ortho nitro benzene ring substituents is 1. The minimum absolute atomic E-state index is 0.0124. The molecule has 1 aromatic heterocycles. The van der Waals surface area contributed by atoms with Crippen LogP contribution in [0.4, 0.5) is 11.4 Å². The number of nitro benzene ring substituents is 1. The number of halogens is 2. The van der Waals surface area contributed by atoms with E-state index in [4.69, 9.17) is 27.7 Å². The molecule has 9 nitrogen and oxygen atoms in total. The van der Waals surface area contributed by atoms with Crippen LogP contribution in [0.3, 0.4) is 0 Å². The largest absolute Gasteiger partial charge is 0.338 e. The maximum absolute atomic E-state index is 12.9. The van der Waals surface area contributed by atoms with E-state index in [1.165, 1.54) is 12.1 Å². The van der Waals surface area contributed by atoms with Crippen molar-refractivity contribution in [2.24, 2.45) is 0 Å². The van der Waals surface area contributed by atoms with Gasteiger partial charge in [-0.05, 0) is 49.7 Å². The summed E-state index contributed by atoms with van der Waals surface area (Å²) in [6.07, 6.45) is 2.60. The van der Waals surface area contributed by atoms with E-state index in [-0.39, 0.29) is 17.6 Å². The Bertz CT molecular complexity index is 1140. The molecule has 32 heavy (non-hydrogen) atoms. The highest BCUT2D eigenvalue weighted by Crippen LogP contribution is 2.27. The van der Waals surface area contributed by atoms with Crippen molar-refractivity contribution in [1.82, 2.24) is 15.0 Å². The number of benzene rings is 2. The Morgan fingerprint density at radius 3 is 2.69 bits per heavy atom. The number of likely N-dealkylation sites (tertiary alicyclic amines) is 1. The normalized spacial score (nSPS) is 16.6. The van der Waals surface area contributed by atoms with Gasteiger partial charge in [0.05, 0.1) is 27.6 Å². The van der Waals surface area contributed by atoms with Crippen molar-refractivity contribution in [1.29, 1.82) is 0 Å². The van der Waals surface area contributed by atoms with E-state index in [1.54, 1.807) is 30.3 Å². The number of nitro groups is 1. The zero-order valence-corrected chi connectivity index (χ0v) is 18.3. The van der Waals surface area contributed by atoms with Crippen molar-refractivity contribution in [2.75, 3.05) is 11.9 Å². The van der Waals surface area contributed by atoms with Gasteiger partial charge in [0.15, 0.2) is 0 Å². The van der Waals surface area contributed by atoms with Crippen LogP contribution < -0.4 is 5.32 Å². The Morgan fingerprint density at radius 1 is 1.19 bits per heavy atom. The predicted octanol–water partition coefficient (Wildman–Crippen LogP) is 4.94. The number of amides is 1. The lowest BCUT2D eigenvalue weighted by atomic mass is 10.0. The van der Waals surface area contributed by atoms with Gasteiger partial charge in [-0.25, -0.2) is 0 Å². The lowest BCUT2D eigenvalue weighted by Crippen LogP contribution is -2.46. The molecule has 1 saturated heterocycles. The number of hydrogen-bond donors (Lipinski definition) is 1. The molecule has 1 amide bonds. The molecule has 1 aliphatic rings. The molecule has 0 aliphatic carbocycles. The fourth-order valence-electron chi connectivity index (χ4n) is 3.62. The molecule has 3 aromatic rings. The second-order valence-electron chi connectivity index (χ2n) is 7.42. The van der Waals surface area contributed by atoms with Crippen LogP contribution >= 0.6 is 23.2 Å². The van der Waals surface area contributed by atoms with Crippen molar-refractivity contribution >= 4 is 40.5 Å². The molecule has 1 N–H and O–H groups in total. The van der Waals surface area contributed by atoms with Crippen LogP contribution in [0.1, 0.15) is 25.2 Å². The van der Waals surface area contributed by atoms with Gasteiger partial charge in [0.25, 0.3) is 5.69 Å². The molecule has 1 atom stereocenters. The van der Waals surface area contributed by atoms with Crippen LogP contribution in [-0.4, -0.2) is 38.5 Å². The maximum atomic E-state index is 12.9. The standard InChI is InChI=1S/C21H19Cl2N5O4/c22-16-9-6-14(11-17(16)23)24-21(29)18-3-1-2-10-27(18)12-19-25-20(26-32-19)13-4-7-15(8-5-13)28(30)31/h4-9,11,18H,1-3,10,12H2,(H,24,29). The van der Waals surface area contributed by atoms with E-state index in [2.05, 4.69) is 15.5 Å². The van der Waals surface area contributed by atoms with Gasteiger partial charge in [-0.1, -0.05) is 34.8 Å². The number of rotatable bonds is 6. The molecule has 0 radical (unpaired) electrons. The minimum Gasteiger partial charge on any atom is -0.338 e. The summed E-state index contributed by atoms with van der Waals surface area (Å²) in [5, 5.41) is 18.5. The Morgan fingerprint density at radius 2 is 1.97 bits per heavy atom. The van der Waals surface area contributed by atoms with Crippen LogP contribution in [0.25, 0.3) is 11.4 Å². The average molecular weight is 476 g/mol. The van der Waals surface area contributed by atoms with Crippen LogP contribution in [0, 0.1) is 10.1 Å². The van der Waals surface area contributed by atoms with E-state index in [0.29, 0.717) is 52.5 Å². The first kappa shape index (κ1) is 22.2. The van der Waals surface area contributed by atoms with Gasteiger partial charge in [0.2, 0.25) is 17.6 Å². The monoisotopic (exact) mass is 475 g/mol. The molecular formula is C21H19Cl2N5O4. The number of hydrogen-bond acceptors (Lipinski definition) is 7. The van der Waals surface area contributed by atoms with Gasteiger partial charge in [-0.2, -0.15) is 4.98 Å². The number of nitrogens with one attached hydrogen (secondary N) is 1. The first-order chi connectivity index (χ1) is 15.4. The molecular weight excluding hydrogens is 457 g/mol. The number of aromatic nitrogens is 2. The van der Waals surface area contributed by atoms with Gasteiger partial charge >= 0.3 is 0 Å². The van der Waals surface area contributed by atoms with Crippen LogP contribution in [0.15, 0.2) is 47.0 Å². The first-order valence-corrected chi connectivity index (χ1v) is 10.7. The van der Waals surface area contributed by atoms with E-state index >= 15 is 0 Å². The quantitative estimate of drug-likeness (QED) is 0.396. The second-order valence-corrected chi connectivity index (χ2v) is 8.23. The third-order valence-corrected chi connectivity index (χ3v) is 5.99. The highest BCUT2D eigenvalue weighted by Gasteiger charge is 2.30. The van der Waals surface area contributed by atoms with Crippen molar-refractivity contribution in [3.63, 3.8) is 0 Å². The molecule has 0 bridgehead atoms. The summed E-state index contributed by atoms with van der Waals surface area (Å²) in [6.45, 7) is 1.04. The van der Waals surface area contributed by atoms with E-state index in [0.717, 1.165) is 12.8 Å². The third-order valence-electron chi connectivity index (χ3n) is 5.25. The number of carbonyl (C=O) groups is 1. The Hall–Kier alpha value is -3.01. The number of carbonyl (C=O) groups excluding carboxylic acids is 1. The topological polar surface area (TPSA) is 114 Å². The molecule has 0 spiro atoms. The molecule has 2 aromatic carbocycles. The summed E-state index contributed by atoms with van der Waals surface area (Å²) in [6, 6.07) is 10.5. The predicted molar refractivity (Wildman–Crippen MR) is 120 cm³/mol. The average Bonchev–Trinajstić information content (AvgIpc) is 3.25. The van der Waals surface area contributed by atoms with E-state index in [1.807, 2.05) is 4.90 Å². The van der Waals surface area contributed by atoms with Gasteiger partial charge in [-0.15, -0.1) is 0 Å². The van der Waals surface area contributed by atoms with Crippen molar-refractivity contribution in [2.45, 2.75) is 31.8 Å². The lowest BCUT2D eigenvalue weighted by molar-refractivity contribution is -0.384. The number of anilines is 1. The van der Waals surface area contributed by atoms with Crippen molar-refractivity contribution < 1.29 is 14.2 Å². The summed E-state index contributed by atoms with van der Waals surface area (Å²) in [5.74, 6) is 0.564. The first-order valence-electron chi connectivity index (χ1n) is 9.98. The molecule has 1 unspecified atom stereocenters. The van der Waals surface area contributed by atoms with Crippen molar-refractivity contribution in [3.05, 3.63) is 68.5 Å². The fraction of sp³-hybridized carbons (Fsp3) is 0.286. The number of nitrogens with zero attached hydrogens (tertiary/aromatic N) is 4. The highest BCUT2D eigenvalue weighted by atomic mass is 35.5. The molecule has 0 saturated carbocycles. The molecule has 1 fully saturated rings. The summed E-state index contributed by atoms with van der Waals surface area (Å²) in [5.41, 5.74) is 1.17. The Labute approximate surface area is 193 Å². The minimum atomic E-state index is -0.467. The summed E-state index contributed by atoms with van der Waals surface area (Å²) in [7, 11) is 0. The van der Waals surface area contributed by atoms with Gasteiger partial charge in [0, 0.05) is 23.4 Å². The van der Waals surface area contributed by atoms with Crippen LogP contribution in [-0.2, 0) is 11.3 Å². The SMILES string of the molecule is O=C(Nc1ccc(Cl)c(Cl)c1)C1CCCCN1Cc1nc(-c2ccc([N+](=O)[O-])cc2)no1. The van der Waals surface area contributed by atoms with Crippen LogP contribution in [0.2, 0.25) is 10.0 Å². The number of piperidine rings is 1. The maximum Gasteiger partial charge on any atom is 0.269 e. The van der Waals surface area contributed by atoms with Gasteiger partial charge in [0.1, 0.15) is 0 Å². The van der Waals surface area contributed by atoms with Gasteiger partial charge in [-0.3, -0.25) is 19.8 Å². The molecule has 2 heterocycles. The summed E-state index contributed by atoms with van der Waals surface area (Å²) >= 11 is 12.0. The Kier molecular flexibility index (Phi) is 6.69. The molecule has 11 heteroatoms. The van der Waals surface area contributed by atoms with E-state index < -0.39 is 4.92 Å². The third kappa shape index (κ3) is 5.07. The smallest absolute Gasteiger partial charge is 0.269 e.